The number of aliphatic hydroxyl groups excluding tert-OH is 1. The number of fused-ring (bicyclic) bond motifs is 2. The lowest BCUT2D eigenvalue weighted by Gasteiger charge is -2.24. The molecule has 1 aliphatic carbocycles. The van der Waals surface area contributed by atoms with Crippen molar-refractivity contribution in [1.29, 1.82) is 0 Å². The molecule has 3 aromatic rings. The van der Waals surface area contributed by atoms with Crippen LogP contribution in [0.15, 0.2) is 54.6 Å². The molecule has 2 aromatic carbocycles. The van der Waals surface area contributed by atoms with Gasteiger partial charge in [0.2, 0.25) is 0 Å². The van der Waals surface area contributed by atoms with Gasteiger partial charge in [0.15, 0.2) is 0 Å². The highest BCUT2D eigenvalue weighted by Crippen LogP contribution is 2.35. The van der Waals surface area contributed by atoms with Crippen LogP contribution < -0.4 is 0 Å². The molecule has 0 saturated carbocycles. The molecule has 0 radical (unpaired) electrons. The van der Waals surface area contributed by atoms with E-state index in [0.717, 1.165) is 36.9 Å². The predicted octanol–water partition coefficient (Wildman–Crippen LogP) is 4.20. The van der Waals surface area contributed by atoms with Gasteiger partial charge in [-0.25, -0.2) is 4.98 Å². The molecule has 0 saturated heterocycles. The first-order valence-corrected chi connectivity index (χ1v) is 7.95. The van der Waals surface area contributed by atoms with Crippen LogP contribution in [0, 0.1) is 0 Å². The van der Waals surface area contributed by atoms with Crippen molar-refractivity contribution >= 4 is 10.9 Å². The van der Waals surface area contributed by atoms with Crippen molar-refractivity contribution in [1.82, 2.24) is 4.98 Å². The highest BCUT2D eigenvalue weighted by Gasteiger charge is 2.23. The van der Waals surface area contributed by atoms with Crippen LogP contribution >= 0.6 is 0 Å². The SMILES string of the molecule is OC1CCCc2c1nc1ccccc1c2Cc1ccccc1. The minimum Gasteiger partial charge on any atom is -0.387 e. The Labute approximate surface area is 130 Å². The molecule has 22 heavy (non-hydrogen) atoms. The molecule has 2 nitrogen and oxygen atoms in total. The van der Waals surface area contributed by atoms with Gasteiger partial charge in [-0.15, -0.1) is 0 Å². The number of aliphatic hydroxyl groups is 1. The molecule has 1 atom stereocenters. The van der Waals surface area contributed by atoms with Crippen molar-refractivity contribution in [3.8, 4) is 0 Å². The average molecular weight is 289 g/mol. The largest absolute Gasteiger partial charge is 0.387 e. The number of rotatable bonds is 2. The van der Waals surface area contributed by atoms with Crippen molar-refractivity contribution in [3.05, 3.63) is 77.0 Å². The van der Waals surface area contributed by atoms with Crippen molar-refractivity contribution in [2.45, 2.75) is 31.8 Å². The van der Waals surface area contributed by atoms with Gasteiger partial charge in [-0.3, -0.25) is 0 Å². The van der Waals surface area contributed by atoms with E-state index in [-0.39, 0.29) is 0 Å². The Kier molecular flexibility index (Phi) is 3.39. The van der Waals surface area contributed by atoms with Crippen LogP contribution in [0.4, 0.5) is 0 Å². The zero-order chi connectivity index (χ0) is 14.9. The topological polar surface area (TPSA) is 33.1 Å². The van der Waals surface area contributed by atoms with Crippen LogP contribution in [-0.2, 0) is 12.8 Å². The van der Waals surface area contributed by atoms with Gasteiger partial charge in [0.1, 0.15) is 0 Å². The summed E-state index contributed by atoms with van der Waals surface area (Å²) in [7, 11) is 0. The Bertz CT molecular complexity index is 811. The maximum Gasteiger partial charge on any atom is 0.0963 e. The van der Waals surface area contributed by atoms with Crippen LogP contribution in [0.1, 0.15) is 41.3 Å². The summed E-state index contributed by atoms with van der Waals surface area (Å²) in [5.74, 6) is 0. The third-order valence-electron chi connectivity index (χ3n) is 4.59. The Morgan fingerprint density at radius 3 is 2.64 bits per heavy atom. The van der Waals surface area contributed by atoms with Gasteiger partial charge in [0.25, 0.3) is 0 Å². The van der Waals surface area contributed by atoms with E-state index in [1.165, 1.54) is 22.1 Å². The van der Waals surface area contributed by atoms with Crippen LogP contribution in [0.5, 0.6) is 0 Å². The highest BCUT2D eigenvalue weighted by molar-refractivity contribution is 5.84. The third kappa shape index (κ3) is 2.30. The van der Waals surface area contributed by atoms with E-state index in [0.29, 0.717) is 0 Å². The number of hydrogen-bond donors (Lipinski definition) is 1. The first-order valence-electron chi connectivity index (χ1n) is 7.95. The van der Waals surface area contributed by atoms with Crippen molar-refractivity contribution in [2.24, 2.45) is 0 Å². The van der Waals surface area contributed by atoms with Gasteiger partial charge >= 0.3 is 0 Å². The van der Waals surface area contributed by atoms with Crippen molar-refractivity contribution in [2.75, 3.05) is 0 Å². The smallest absolute Gasteiger partial charge is 0.0963 e. The van der Waals surface area contributed by atoms with Gasteiger partial charge < -0.3 is 5.11 Å². The monoisotopic (exact) mass is 289 g/mol. The molecule has 0 fully saturated rings. The minimum absolute atomic E-state index is 0.414. The van der Waals surface area contributed by atoms with Crippen LogP contribution in [0.2, 0.25) is 0 Å². The Hall–Kier alpha value is -2.19. The third-order valence-corrected chi connectivity index (χ3v) is 4.59. The van der Waals surface area contributed by atoms with Crippen LogP contribution in [0.25, 0.3) is 10.9 Å². The van der Waals surface area contributed by atoms with Crippen molar-refractivity contribution < 1.29 is 5.11 Å². The lowest BCUT2D eigenvalue weighted by molar-refractivity contribution is 0.151. The number of pyridine rings is 1. The van der Waals surface area contributed by atoms with E-state index in [1.807, 2.05) is 18.2 Å². The summed E-state index contributed by atoms with van der Waals surface area (Å²) < 4.78 is 0. The highest BCUT2D eigenvalue weighted by atomic mass is 16.3. The average Bonchev–Trinajstić information content (AvgIpc) is 2.57. The molecule has 0 bridgehead atoms. The maximum absolute atomic E-state index is 10.3. The first-order chi connectivity index (χ1) is 10.8. The molecule has 1 N–H and O–H groups in total. The summed E-state index contributed by atoms with van der Waals surface area (Å²) in [6.45, 7) is 0. The van der Waals surface area contributed by atoms with E-state index in [1.54, 1.807) is 0 Å². The van der Waals surface area contributed by atoms with E-state index >= 15 is 0 Å². The lowest BCUT2D eigenvalue weighted by atomic mass is 9.86. The molecule has 0 amide bonds. The number of para-hydroxylation sites is 1. The van der Waals surface area contributed by atoms with Gasteiger partial charge in [-0.1, -0.05) is 48.5 Å². The fraction of sp³-hybridized carbons (Fsp3) is 0.250. The van der Waals surface area contributed by atoms with E-state index in [4.69, 9.17) is 4.98 Å². The van der Waals surface area contributed by atoms with Gasteiger partial charge in [0.05, 0.1) is 17.3 Å². The second kappa shape index (κ2) is 5.54. The first kappa shape index (κ1) is 13.5. The second-order valence-corrected chi connectivity index (χ2v) is 6.04. The predicted molar refractivity (Wildman–Crippen MR) is 88.9 cm³/mol. The maximum atomic E-state index is 10.3. The lowest BCUT2D eigenvalue weighted by Crippen LogP contribution is -2.14. The summed E-state index contributed by atoms with van der Waals surface area (Å²) in [6.07, 6.45) is 3.37. The van der Waals surface area contributed by atoms with Gasteiger partial charge in [-0.05, 0) is 48.4 Å². The van der Waals surface area contributed by atoms with E-state index in [2.05, 4.69) is 36.4 Å². The van der Waals surface area contributed by atoms with Crippen LogP contribution in [0.3, 0.4) is 0 Å². The quantitative estimate of drug-likeness (QED) is 0.767. The number of aromatic nitrogens is 1. The fourth-order valence-corrected chi connectivity index (χ4v) is 3.51. The zero-order valence-corrected chi connectivity index (χ0v) is 12.5. The molecule has 1 heterocycles. The zero-order valence-electron chi connectivity index (χ0n) is 12.5. The summed E-state index contributed by atoms with van der Waals surface area (Å²) in [5, 5.41) is 11.6. The number of nitrogens with zero attached hydrogens (tertiary/aromatic N) is 1. The normalized spacial score (nSPS) is 17.4. The van der Waals surface area contributed by atoms with Gasteiger partial charge in [-0.2, -0.15) is 0 Å². The molecule has 1 unspecified atom stereocenters. The standard InChI is InChI=1S/C20H19NO/c22-19-12-6-10-16-17(13-14-7-2-1-3-8-14)15-9-4-5-11-18(15)21-20(16)19/h1-5,7-9,11,19,22H,6,10,12-13H2. The number of benzene rings is 2. The number of hydrogen-bond acceptors (Lipinski definition) is 2. The summed E-state index contributed by atoms with van der Waals surface area (Å²) in [5.41, 5.74) is 5.80. The summed E-state index contributed by atoms with van der Waals surface area (Å²) in [4.78, 5) is 4.75. The van der Waals surface area contributed by atoms with Crippen LogP contribution in [-0.4, -0.2) is 10.1 Å². The Morgan fingerprint density at radius 1 is 1.00 bits per heavy atom. The molecule has 1 aromatic heterocycles. The Balaban J connectivity index is 1.94. The van der Waals surface area contributed by atoms with Gasteiger partial charge in [0, 0.05) is 5.39 Å². The molecule has 1 aliphatic rings. The fourth-order valence-electron chi connectivity index (χ4n) is 3.51. The molecule has 0 aliphatic heterocycles. The molecule has 4 rings (SSSR count). The summed E-state index contributed by atoms with van der Waals surface area (Å²) >= 11 is 0. The van der Waals surface area contributed by atoms with E-state index < -0.39 is 6.10 Å². The molecular weight excluding hydrogens is 270 g/mol. The molecule has 2 heteroatoms. The molecule has 110 valence electrons. The molecular formula is C20H19NO. The second-order valence-electron chi connectivity index (χ2n) is 6.04. The van der Waals surface area contributed by atoms with E-state index in [9.17, 15) is 5.11 Å². The molecule has 0 spiro atoms. The van der Waals surface area contributed by atoms with Crippen molar-refractivity contribution in [3.63, 3.8) is 0 Å². The summed E-state index contributed by atoms with van der Waals surface area (Å²) in [6, 6.07) is 18.8. The minimum atomic E-state index is -0.414. The Morgan fingerprint density at radius 2 is 1.77 bits per heavy atom.